The van der Waals surface area contributed by atoms with Gasteiger partial charge in [-0.15, -0.1) is 0 Å². The minimum absolute atomic E-state index is 0.0209. The maximum atomic E-state index is 14.2. The monoisotopic (exact) mass is 553 g/mol. The third kappa shape index (κ3) is 6.06. The first kappa shape index (κ1) is 27.7. The highest BCUT2D eigenvalue weighted by Gasteiger charge is 2.36. The van der Waals surface area contributed by atoms with Gasteiger partial charge in [0, 0.05) is 18.3 Å². The average molecular weight is 554 g/mol. The third-order valence-electron chi connectivity index (χ3n) is 6.04. The molecule has 0 unspecified atom stereocenters. The average Bonchev–Trinajstić information content (AvgIpc) is 3.53. The number of anilines is 2. The van der Waals surface area contributed by atoms with E-state index in [9.17, 15) is 14.4 Å². The van der Waals surface area contributed by atoms with Crippen molar-refractivity contribution in [2.24, 2.45) is 11.7 Å². The van der Waals surface area contributed by atoms with Gasteiger partial charge in [0.2, 0.25) is 12.7 Å². The number of fused-ring (bicyclic) bond motifs is 1. The number of nitrogens with zero attached hydrogens (tertiary/aromatic N) is 2. The number of carbonyl (C=O) groups is 3. The second kappa shape index (κ2) is 12.0. The van der Waals surface area contributed by atoms with Gasteiger partial charge in [-0.2, -0.15) is 4.37 Å². The van der Waals surface area contributed by atoms with E-state index < -0.39 is 23.8 Å². The van der Waals surface area contributed by atoms with Gasteiger partial charge in [-0.1, -0.05) is 26.0 Å². The summed E-state index contributed by atoms with van der Waals surface area (Å²) in [6.45, 7) is 6.92. The lowest BCUT2D eigenvalue weighted by atomic mass is 10.0. The summed E-state index contributed by atoms with van der Waals surface area (Å²) >= 11 is 0.741. The van der Waals surface area contributed by atoms with Crippen LogP contribution in [-0.2, 0) is 4.79 Å². The molecule has 5 N–H and O–H groups in total. The second-order valence-electron chi connectivity index (χ2n) is 9.23. The number of carbonyl (C=O) groups excluding carboxylic acids is 3. The predicted octanol–water partition coefficient (Wildman–Crippen LogP) is 3.50. The van der Waals surface area contributed by atoms with Crippen LogP contribution in [-0.4, -0.2) is 42.0 Å². The number of nitrogens with one attached hydrogen (secondary N) is 1. The van der Waals surface area contributed by atoms with Crippen molar-refractivity contribution in [1.29, 1.82) is 0 Å². The minimum Gasteiger partial charge on any atom is -0.494 e. The van der Waals surface area contributed by atoms with E-state index >= 15 is 0 Å². The lowest BCUT2D eigenvalue weighted by Gasteiger charge is -2.31. The Labute approximate surface area is 230 Å². The molecule has 0 aliphatic carbocycles. The van der Waals surface area contributed by atoms with Crippen molar-refractivity contribution in [2.45, 2.75) is 33.2 Å². The van der Waals surface area contributed by atoms with Crippen molar-refractivity contribution in [3.63, 3.8) is 0 Å². The first-order valence-corrected chi connectivity index (χ1v) is 13.3. The number of ether oxygens (including phenoxy) is 3. The molecule has 2 aromatic carbocycles. The van der Waals surface area contributed by atoms with Crippen LogP contribution in [0.3, 0.4) is 0 Å². The van der Waals surface area contributed by atoms with E-state index in [2.05, 4.69) is 23.5 Å². The molecule has 12 heteroatoms. The highest BCUT2D eigenvalue weighted by atomic mass is 32.1. The van der Waals surface area contributed by atoms with E-state index in [4.69, 9.17) is 25.7 Å². The number of hydrogen-bond donors (Lipinski definition) is 3. The van der Waals surface area contributed by atoms with Gasteiger partial charge in [0.15, 0.2) is 17.2 Å². The third-order valence-corrected chi connectivity index (χ3v) is 6.89. The highest BCUT2D eigenvalue weighted by molar-refractivity contribution is 7.09. The largest absolute Gasteiger partial charge is 0.494 e. The Morgan fingerprint density at radius 3 is 2.49 bits per heavy atom. The molecule has 1 aliphatic heterocycles. The van der Waals surface area contributed by atoms with Gasteiger partial charge in [-0.25, -0.2) is 0 Å². The maximum Gasteiger partial charge on any atom is 0.273 e. The summed E-state index contributed by atoms with van der Waals surface area (Å²) in [7, 11) is 0. The number of nitrogens with two attached hydrogens (primary N) is 2. The van der Waals surface area contributed by atoms with Gasteiger partial charge in [0.25, 0.3) is 11.8 Å². The summed E-state index contributed by atoms with van der Waals surface area (Å²) in [6, 6.07) is 10.8. The van der Waals surface area contributed by atoms with E-state index in [1.165, 1.54) is 4.90 Å². The van der Waals surface area contributed by atoms with E-state index in [0.717, 1.165) is 18.0 Å². The Hall–Kier alpha value is -4.32. The molecule has 1 atom stereocenters. The van der Waals surface area contributed by atoms with E-state index in [0.29, 0.717) is 47.6 Å². The maximum absolute atomic E-state index is 14.2. The first-order chi connectivity index (χ1) is 18.7. The summed E-state index contributed by atoms with van der Waals surface area (Å²) in [5.74, 6) is 0.0405. The first-order valence-electron chi connectivity index (χ1n) is 12.5. The smallest absolute Gasteiger partial charge is 0.273 e. The molecule has 0 radical (unpaired) electrons. The molecule has 3 aromatic rings. The molecular formula is C27H31N5O6S. The molecule has 39 heavy (non-hydrogen) atoms. The van der Waals surface area contributed by atoms with E-state index in [1.54, 1.807) is 42.5 Å². The lowest BCUT2D eigenvalue weighted by molar-refractivity contribution is -0.122. The molecular weight excluding hydrogens is 522 g/mol. The molecule has 4 rings (SSSR count). The lowest BCUT2D eigenvalue weighted by Crippen LogP contribution is -2.44. The fourth-order valence-electron chi connectivity index (χ4n) is 4.07. The summed E-state index contributed by atoms with van der Waals surface area (Å²) in [5, 5.41) is 2.96. The number of benzene rings is 2. The molecule has 0 saturated carbocycles. The molecule has 1 aliphatic rings. The SMILES string of the molecule is CCOc1ccc([C@H](C(=O)NCCC(C)C)N(C(=O)c2snc(C(N)=O)c2N)c2ccc3c(c2)OCO3)cc1. The molecule has 0 spiro atoms. The van der Waals surface area contributed by atoms with Crippen LogP contribution in [0.25, 0.3) is 0 Å². The number of primary amides is 1. The molecule has 11 nitrogen and oxygen atoms in total. The summed E-state index contributed by atoms with van der Waals surface area (Å²) in [6.07, 6.45) is 0.753. The normalized spacial score (nSPS) is 12.7. The quantitative estimate of drug-likeness (QED) is 0.325. The zero-order valence-electron chi connectivity index (χ0n) is 21.9. The Kier molecular flexibility index (Phi) is 8.55. The van der Waals surface area contributed by atoms with Crippen LogP contribution in [0.4, 0.5) is 11.4 Å². The number of nitrogen functional groups attached to an aromatic ring is 1. The number of amides is 3. The van der Waals surface area contributed by atoms with Gasteiger partial charge in [-0.05, 0) is 60.6 Å². The van der Waals surface area contributed by atoms with Gasteiger partial charge in [0.1, 0.15) is 16.7 Å². The van der Waals surface area contributed by atoms with Crippen molar-refractivity contribution in [3.8, 4) is 17.2 Å². The number of hydrogen-bond acceptors (Lipinski definition) is 9. The number of aromatic nitrogens is 1. The molecule has 0 fully saturated rings. The predicted molar refractivity (Wildman–Crippen MR) is 147 cm³/mol. The van der Waals surface area contributed by atoms with Crippen molar-refractivity contribution < 1.29 is 28.6 Å². The van der Waals surface area contributed by atoms with Gasteiger partial charge in [-0.3, -0.25) is 19.3 Å². The van der Waals surface area contributed by atoms with Gasteiger partial charge >= 0.3 is 0 Å². The molecule has 0 bridgehead atoms. The fourth-order valence-corrected chi connectivity index (χ4v) is 4.81. The summed E-state index contributed by atoms with van der Waals surface area (Å²) in [5.41, 5.74) is 12.1. The van der Waals surface area contributed by atoms with Gasteiger partial charge in [0.05, 0.1) is 12.3 Å². The van der Waals surface area contributed by atoms with Crippen molar-refractivity contribution in [3.05, 3.63) is 58.6 Å². The van der Waals surface area contributed by atoms with Gasteiger partial charge < -0.3 is 31.0 Å². The van der Waals surface area contributed by atoms with Crippen molar-refractivity contribution in [1.82, 2.24) is 9.69 Å². The second-order valence-corrected chi connectivity index (χ2v) is 10.0. The summed E-state index contributed by atoms with van der Waals surface area (Å²) in [4.78, 5) is 41.1. The Bertz CT molecular complexity index is 1360. The molecule has 1 aromatic heterocycles. The van der Waals surface area contributed by atoms with Crippen LogP contribution in [0.1, 0.15) is 59.0 Å². The fraction of sp³-hybridized carbons (Fsp3) is 0.333. The number of rotatable bonds is 11. The Balaban J connectivity index is 1.84. The zero-order valence-corrected chi connectivity index (χ0v) is 22.7. The Morgan fingerprint density at radius 2 is 1.85 bits per heavy atom. The highest BCUT2D eigenvalue weighted by Crippen LogP contribution is 2.40. The van der Waals surface area contributed by atoms with Crippen LogP contribution in [0.15, 0.2) is 42.5 Å². The minimum atomic E-state index is -1.11. The van der Waals surface area contributed by atoms with E-state index in [1.807, 2.05) is 6.92 Å². The summed E-state index contributed by atoms with van der Waals surface area (Å²) < 4.78 is 20.5. The van der Waals surface area contributed by atoms with E-state index in [-0.39, 0.29) is 23.1 Å². The molecule has 0 saturated heterocycles. The van der Waals surface area contributed by atoms with Crippen LogP contribution >= 0.6 is 11.5 Å². The topological polar surface area (TPSA) is 159 Å². The molecule has 206 valence electrons. The van der Waals surface area contributed by atoms with Crippen LogP contribution in [0.2, 0.25) is 0 Å². The van der Waals surface area contributed by atoms with Crippen LogP contribution in [0.5, 0.6) is 17.2 Å². The van der Waals surface area contributed by atoms with Crippen molar-refractivity contribution >= 4 is 40.6 Å². The zero-order chi connectivity index (χ0) is 28.1. The standard InChI is InChI=1S/C27H31N5O6S/c1-4-36-18-8-5-16(6-9-18)23(26(34)30-12-11-15(2)3)32(17-7-10-19-20(13-17)38-14-37-19)27(35)24-21(28)22(25(29)33)31-39-24/h5-10,13,15,23H,4,11-12,14,28H2,1-3H3,(H2,29,33)(H,30,34)/t23-/m1/s1. The van der Waals surface area contributed by atoms with Crippen molar-refractivity contribution in [2.75, 3.05) is 30.6 Å². The Morgan fingerprint density at radius 1 is 1.13 bits per heavy atom. The molecule has 2 heterocycles. The molecule has 3 amide bonds. The van der Waals surface area contributed by atoms with Crippen LogP contribution < -0.4 is 35.9 Å². The van der Waals surface area contributed by atoms with Crippen LogP contribution in [0, 0.1) is 5.92 Å².